The third kappa shape index (κ3) is 3.61. The third-order valence-electron chi connectivity index (χ3n) is 2.99. The van der Waals surface area contributed by atoms with Crippen molar-refractivity contribution in [3.8, 4) is 5.75 Å². The summed E-state index contributed by atoms with van der Waals surface area (Å²) in [5.74, 6) is -0.281. The molecule has 0 aliphatic rings. The van der Waals surface area contributed by atoms with Crippen LogP contribution in [0.4, 0.5) is 0 Å². The van der Waals surface area contributed by atoms with E-state index in [2.05, 4.69) is 10.5 Å². The van der Waals surface area contributed by atoms with Gasteiger partial charge in [-0.05, 0) is 43.7 Å². The van der Waals surface area contributed by atoms with E-state index < -0.39 is 5.91 Å². The molecule has 0 aliphatic heterocycles. The average Bonchev–Trinajstić information content (AvgIpc) is 2.45. The standard InChI is InChI=1S/C16H15ClN2O2/c1-10-7-8-13(14(17)9-10)16(21)19-18-11(2)12-5-3-4-6-15(12)20/h3-9,20H,1-2H3,(H,19,21)/b18-11+. The SMILES string of the molecule is C/C(=N\NC(=O)c1ccc(C)cc1Cl)c1ccccc1O. The van der Waals surface area contributed by atoms with Crippen molar-refractivity contribution < 1.29 is 9.90 Å². The molecule has 0 saturated carbocycles. The van der Waals surface area contributed by atoms with Gasteiger partial charge >= 0.3 is 0 Å². The summed E-state index contributed by atoms with van der Waals surface area (Å²) in [5.41, 5.74) is 4.84. The maximum absolute atomic E-state index is 12.0. The number of hydrogen-bond acceptors (Lipinski definition) is 3. The largest absolute Gasteiger partial charge is 0.507 e. The zero-order chi connectivity index (χ0) is 15.4. The molecule has 0 atom stereocenters. The predicted molar refractivity (Wildman–Crippen MR) is 84.0 cm³/mol. The van der Waals surface area contributed by atoms with Crippen molar-refractivity contribution in [2.24, 2.45) is 5.10 Å². The van der Waals surface area contributed by atoms with Crippen molar-refractivity contribution in [3.63, 3.8) is 0 Å². The summed E-state index contributed by atoms with van der Waals surface area (Å²) < 4.78 is 0. The Labute approximate surface area is 128 Å². The Bertz CT molecular complexity index is 711. The van der Waals surface area contributed by atoms with Gasteiger partial charge in [-0.15, -0.1) is 0 Å². The minimum absolute atomic E-state index is 0.112. The molecular weight excluding hydrogens is 288 g/mol. The van der Waals surface area contributed by atoms with Gasteiger partial charge in [0.2, 0.25) is 0 Å². The van der Waals surface area contributed by atoms with Crippen LogP contribution in [-0.4, -0.2) is 16.7 Å². The van der Waals surface area contributed by atoms with E-state index >= 15 is 0 Å². The number of phenolic OH excluding ortho intramolecular Hbond substituents is 1. The number of rotatable bonds is 3. The highest BCUT2D eigenvalue weighted by Crippen LogP contribution is 2.18. The molecule has 0 unspecified atom stereocenters. The zero-order valence-corrected chi connectivity index (χ0v) is 12.5. The summed E-state index contributed by atoms with van der Waals surface area (Å²) in [4.78, 5) is 12.0. The van der Waals surface area contributed by atoms with Crippen molar-refractivity contribution >= 4 is 23.2 Å². The van der Waals surface area contributed by atoms with E-state index in [0.29, 0.717) is 21.9 Å². The Morgan fingerprint density at radius 2 is 1.90 bits per heavy atom. The Morgan fingerprint density at radius 3 is 2.57 bits per heavy atom. The second-order valence-corrected chi connectivity index (χ2v) is 5.05. The van der Waals surface area contributed by atoms with Crippen LogP contribution in [0.25, 0.3) is 0 Å². The molecule has 4 nitrogen and oxygen atoms in total. The van der Waals surface area contributed by atoms with Gasteiger partial charge < -0.3 is 5.11 Å². The predicted octanol–water partition coefficient (Wildman–Crippen LogP) is 3.51. The van der Waals surface area contributed by atoms with Crippen LogP contribution >= 0.6 is 11.6 Å². The van der Waals surface area contributed by atoms with Gasteiger partial charge in [-0.25, -0.2) is 5.43 Å². The van der Waals surface area contributed by atoms with Gasteiger partial charge in [-0.3, -0.25) is 4.79 Å². The first-order chi connectivity index (χ1) is 9.99. The number of nitrogens with one attached hydrogen (secondary N) is 1. The van der Waals surface area contributed by atoms with Gasteiger partial charge in [0.05, 0.1) is 16.3 Å². The maximum Gasteiger partial charge on any atom is 0.272 e. The van der Waals surface area contributed by atoms with Gasteiger partial charge in [0.25, 0.3) is 5.91 Å². The second-order valence-electron chi connectivity index (χ2n) is 4.64. The molecule has 0 radical (unpaired) electrons. The fraction of sp³-hybridized carbons (Fsp3) is 0.125. The summed E-state index contributed by atoms with van der Waals surface area (Å²) >= 11 is 6.03. The van der Waals surface area contributed by atoms with Crippen LogP contribution in [0.1, 0.15) is 28.4 Å². The molecule has 0 saturated heterocycles. The zero-order valence-electron chi connectivity index (χ0n) is 11.7. The number of halogens is 1. The van der Waals surface area contributed by atoms with Crippen LogP contribution < -0.4 is 5.43 Å². The van der Waals surface area contributed by atoms with Crippen molar-refractivity contribution in [1.82, 2.24) is 5.43 Å². The molecule has 2 rings (SSSR count). The number of amides is 1. The normalized spacial score (nSPS) is 11.3. The molecule has 5 heteroatoms. The Kier molecular flexibility index (Phi) is 4.60. The summed E-state index contributed by atoms with van der Waals surface area (Å²) in [6, 6.07) is 12.0. The molecule has 1 amide bonds. The molecule has 0 heterocycles. The van der Waals surface area contributed by atoms with Crippen LogP contribution in [0.5, 0.6) is 5.75 Å². The molecule has 2 aromatic carbocycles. The van der Waals surface area contributed by atoms with Crippen LogP contribution in [-0.2, 0) is 0 Å². The van der Waals surface area contributed by atoms with Crippen LogP contribution in [0, 0.1) is 6.92 Å². The maximum atomic E-state index is 12.0. The first-order valence-electron chi connectivity index (χ1n) is 6.38. The second kappa shape index (κ2) is 6.41. The summed E-state index contributed by atoms with van der Waals surface area (Å²) in [5, 5.41) is 14.1. The van der Waals surface area contributed by atoms with Gasteiger partial charge in [-0.1, -0.05) is 29.8 Å². The van der Waals surface area contributed by atoms with Crippen molar-refractivity contribution in [2.75, 3.05) is 0 Å². The van der Waals surface area contributed by atoms with E-state index in [0.717, 1.165) is 5.56 Å². The van der Waals surface area contributed by atoms with Crippen molar-refractivity contribution in [3.05, 3.63) is 64.2 Å². The number of carbonyl (C=O) groups is 1. The Hall–Kier alpha value is -2.33. The van der Waals surface area contributed by atoms with Crippen molar-refractivity contribution in [2.45, 2.75) is 13.8 Å². The van der Waals surface area contributed by atoms with Crippen molar-refractivity contribution in [1.29, 1.82) is 0 Å². The number of para-hydroxylation sites is 1. The molecule has 0 fully saturated rings. The lowest BCUT2D eigenvalue weighted by atomic mass is 10.1. The monoisotopic (exact) mass is 302 g/mol. The molecule has 0 aliphatic carbocycles. The number of hydrogen-bond donors (Lipinski definition) is 2. The molecule has 0 bridgehead atoms. The summed E-state index contributed by atoms with van der Waals surface area (Å²) in [7, 11) is 0. The van der Waals surface area contributed by atoms with Gasteiger partial charge in [0, 0.05) is 5.56 Å². The summed E-state index contributed by atoms with van der Waals surface area (Å²) in [6.07, 6.45) is 0. The number of aromatic hydroxyl groups is 1. The molecule has 21 heavy (non-hydrogen) atoms. The molecule has 108 valence electrons. The molecular formula is C16H15ClN2O2. The highest BCUT2D eigenvalue weighted by Gasteiger charge is 2.10. The number of hydrazone groups is 1. The molecule has 2 aromatic rings. The smallest absolute Gasteiger partial charge is 0.272 e. The van der Waals surface area contributed by atoms with E-state index in [9.17, 15) is 9.90 Å². The lowest BCUT2D eigenvalue weighted by molar-refractivity contribution is 0.0955. The number of aryl methyl sites for hydroxylation is 1. The first-order valence-corrected chi connectivity index (χ1v) is 6.76. The minimum Gasteiger partial charge on any atom is -0.507 e. The minimum atomic E-state index is -0.394. The highest BCUT2D eigenvalue weighted by molar-refractivity contribution is 6.33. The van der Waals surface area contributed by atoms with Gasteiger partial charge in [-0.2, -0.15) is 5.10 Å². The van der Waals surface area contributed by atoms with Crippen LogP contribution in [0.2, 0.25) is 5.02 Å². The topological polar surface area (TPSA) is 61.7 Å². The Balaban J connectivity index is 2.17. The van der Waals surface area contributed by atoms with Crippen LogP contribution in [0.15, 0.2) is 47.6 Å². The lowest BCUT2D eigenvalue weighted by Gasteiger charge is -2.06. The van der Waals surface area contributed by atoms with E-state index in [1.807, 2.05) is 6.92 Å². The fourth-order valence-corrected chi connectivity index (χ4v) is 2.16. The van der Waals surface area contributed by atoms with E-state index in [1.165, 1.54) is 0 Å². The lowest BCUT2D eigenvalue weighted by Crippen LogP contribution is -2.19. The summed E-state index contributed by atoms with van der Waals surface area (Å²) in [6.45, 7) is 3.60. The molecule has 0 spiro atoms. The van der Waals surface area contributed by atoms with E-state index in [4.69, 9.17) is 11.6 Å². The first kappa shape index (κ1) is 15.1. The number of phenols is 1. The molecule has 0 aromatic heterocycles. The quantitative estimate of drug-likeness (QED) is 0.673. The fourth-order valence-electron chi connectivity index (χ4n) is 1.84. The van der Waals surface area contributed by atoms with E-state index in [-0.39, 0.29) is 5.75 Å². The van der Waals surface area contributed by atoms with Gasteiger partial charge in [0.15, 0.2) is 0 Å². The molecule has 2 N–H and O–H groups in total. The highest BCUT2D eigenvalue weighted by atomic mass is 35.5. The number of benzene rings is 2. The number of nitrogens with zero attached hydrogens (tertiary/aromatic N) is 1. The third-order valence-corrected chi connectivity index (χ3v) is 3.30. The Morgan fingerprint density at radius 1 is 1.19 bits per heavy atom. The number of carbonyl (C=O) groups excluding carboxylic acids is 1. The van der Waals surface area contributed by atoms with E-state index in [1.54, 1.807) is 49.4 Å². The van der Waals surface area contributed by atoms with Crippen LogP contribution in [0.3, 0.4) is 0 Å². The van der Waals surface area contributed by atoms with Gasteiger partial charge in [0.1, 0.15) is 5.75 Å². The average molecular weight is 303 g/mol.